The molecule has 1 fully saturated rings. The summed E-state index contributed by atoms with van der Waals surface area (Å²) in [6.07, 6.45) is 2.26. The third kappa shape index (κ3) is 2.10. The van der Waals surface area contributed by atoms with Crippen LogP contribution in [0, 0.1) is 0 Å². The highest BCUT2D eigenvalue weighted by Crippen LogP contribution is 2.11. The van der Waals surface area contributed by atoms with Gasteiger partial charge in [0.15, 0.2) is 0 Å². The molecule has 0 bridgehead atoms. The highest BCUT2D eigenvalue weighted by atomic mass is 16.3. The molecule has 0 radical (unpaired) electrons. The average Bonchev–Trinajstić information content (AvgIpc) is 2.65. The van der Waals surface area contributed by atoms with Crippen molar-refractivity contribution in [1.82, 2.24) is 14.9 Å². The fourth-order valence-corrected chi connectivity index (χ4v) is 1.69. The van der Waals surface area contributed by atoms with Crippen LogP contribution in [-0.2, 0) is 0 Å². The third-order valence-electron chi connectivity index (χ3n) is 2.58. The maximum atomic E-state index is 11.8. The summed E-state index contributed by atoms with van der Waals surface area (Å²) in [4.78, 5) is 29.0. The Balaban J connectivity index is 2.05. The van der Waals surface area contributed by atoms with E-state index < -0.39 is 0 Å². The molecule has 1 aromatic rings. The molecule has 1 aromatic heterocycles. The van der Waals surface area contributed by atoms with Crippen LogP contribution in [0.2, 0.25) is 0 Å². The number of hydrogen-bond donors (Lipinski definition) is 3. The summed E-state index contributed by atoms with van der Waals surface area (Å²) >= 11 is 0. The van der Waals surface area contributed by atoms with Crippen molar-refractivity contribution in [3.63, 3.8) is 0 Å². The van der Waals surface area contributed by atoms with Crippen molar-refractivity contribution in [3.8, 4) is 0 Å². The van der Waals surface area contributed by atoms with E-state index in [2.05, 4.69) is 9.97 Å². The Labute approximate surface area is 85.9 Å². The first-order valence-electron chi connectivity index (χ1n) is 4.92. The minimum Gasteiger partial charge on any atom is -0.393 e. The number of aliphatic hydroxyl groups excluding tert-OH is 1. The number of likely N-dealkylation sites (tertiary alicyclic amines) is 1. The lowest BCUT2D eigenvalue weighted by molar-refractivity contribution is 0.0542. The molecular formula is C9H13N3O3. The standard InChI is InChI=1S/C9H13N3O3/c13-6-1-3-12(4-2-6)8(14)7-5-10-9(15)11-7/h5-6,13H,1-4H2,(H2,10,11,15). The molecule has 6 heteroatoms. The number of aromatic nitrogens is 2. The zero-order valence-corrected chi connectivity index (χ0v) is 8.19. The highest BCUT2D eigenvalue weighted by molar-refractivity contribution is 5.92. The van der Waals surface area contributed by atoms with E-state index in [9.17, 15) is 14.7 Å². The van der Waals surface area contributed by atoms with Crippen molar-refractivity contribution in [2.24, 2.45) is 0 Å². The molecular weight excluding hydrogens is 198 g/mol. The normalized spacial score (nSPS) is 18.1. The molecule has 2 rings (SSSR count). The molecule has 3 N–H and O–H groups in total. The Kier molecular flexibility index (Phi) is 2.59. The molecule has 1 amide bonds. The first kappa shape index (κ1) is 9.97. The first-order valence-corrected chi connectivity index (χ1v) is 4.92. The van der Waals surface area contributed by atoms with Crippen LogP contribution in [0.15, 0.2) is 11.0 Å². The maximum Gasteiger partial charge on any atom is 0.323 e. The lowest BCUT2D eigenvalue weighted by atomic mass is 10.1. The molecule has 0 unspecified atom stereocenters. The monoisotopic (exact) mass is 211 g/mol. The van der Waals surface area contributed by atoms with Gasteiger partial charge < -0.3 is 20.0 Å². The number of H-pyrrole nitrogens is 2. The smallest absolute Gasteiger partial charge is 0.323 e. The van der Waals surface area contributed by atoms with Crippen molar-refractivity contribution in [1.29, 1.82) is 0 Å². The fourth-order valence-electron chi connectivity index (χ4n) is 1.69. The summed E-state index contributed by atoms with van der Waals surface area (Å²) in [5.41, 5.74) is -0.105. The molecule has 1 saturated heterocycles. The summed E-state index contributed by atoms with van der Waals surface area (Å²) < 4.78 is 0. The van der Waals surface area contributed by atoms with E-state index in [1.807, 2.05) is 0 Å². The van der Waals surface area contributed by atoms with Gasteiger partial charge in [0.05, 0.1) is 6.10 Å². The predicted octanol–water partition coefficient (Wildman–Crippen LogP) is -0.700. The van der Waals surface area contributed by atoms with Gasteiger partial charge in [0.1, 0.15) is 5.69 Å². The number of piperidine rings is 1. The van der Waals surface area contributed by atoms with E-state index in [0.29, 0.717) is 25.9 Å². The van der Waals surface area contributed by atoms with Crippen LogP contribution in [-0.4, -0.2) is 45.1 Å². The van der Waals surface area contributed by atoms with Gasteiger partial charge in [0.25, 0.3) is 5.91 Å². The number of carbonyl (C=O) groups is 1. The van der Waals surface area contributed by atoms with Crippen LogP contribution in [0.3, 0.4) is 0 Å². The van der Waals surface area contributed by atoms with E-state index in [-0.39, 0.29) is 23.4 Å². The molecule has 0 atom stereocenters. The van der Waals surface area contributed by atoms with Gasteiger partial charge in [-0.3, -0.25) is 4.79 Å². The van der Waals surface area contributed by atoms with E-state index in [1.54, 1.807) is 4.90 Å². The van der Waals surface area contributed by atoms with Crippen molar-refractivity contribution >= 4 is 5.91 Å². The number of nitrogens with zero attached hydrogens (tertiary/aromatic N) is 1. The lowest BCUT2D eigenvalue weighted by Crippen LogP contribution is -2.40. The quantitative estimate of drug-likeness (QED) is 0.573. The van der Waals surface area contributed by atoms with Crippen molar-refractivity contribution in [3.05, 3.63) is 22.4 Å². The molecule has 1 aliphatic heterocycles. The van der Waals surface area contributed by atoms with Gasteiger partial charge in [-0.05, 0) is 12.8 Å². The second kappa shape index (κ2) is 3.90. The minimum atomic E-state index is -0.379. The van der Waals surface area contributed by atoms with Crippen LogP contribution in [0.25, 0.3) is 0 Å². The Morgan fingerprint density at radius 2 is 2.13 bits per heavy atom. The number of hydrogen-bond acceptors (Lipinski definition) is 3. The van der Waals surface area contributed by atoms with Crippen LogP contribution in [0.1, 0.15) is 23.3 Å². The number of amides is 1. The Morgan fingerprint density at radius 3 is 2.67 bits per heavy atom. The van der Waals surface area contributed by atoms with Crippen molar-refractivity contribution in [2.75, 3.05) is 13.1 Å². The van der Waals surface area contributed by atoms with Crippen molar-refractivity contribution in [2.45, 2.75) is 18.9 Å². The zero-order chi connectivity index (χ0) is 10.8. The maximum absolute atomic E-state index is 11.8. The molecule has 6 nitrogen and oxygen atoms in total. The highest BCUT2D eigenvalue weighted by Gasteiger charge is 2.22. The van der Waals surface area contributed by atoms with Crippen LogP contribution < -0.4 is 5.69 Å². The average molecular weight is 211 g/mol. The van der Waals surface area contributed by atoms with Gasteiger partial charge in [0, 0.05) is 19.3 Å². The van der Waals surface area contributed by atoms with Gasteiger partial charge in [-0.25, -0.2) is 4.79 Å². The SMILES string of the molecule is O=C(c1c[nH]c(=O)[nH]1)N1CCC(O)CC1. The number of imidazole rings is 1. The van der Waals surface area contributed by atoms with Gasteiger partial charge >= 0.3 is 5.69 Å². The van der Waals surface area contributed by atoms with Crippen LogP contribution in [0.4, 0.5) is 0 Å². The predicted molar refractivity (Wildman–Crippen MR) is 52.6 cm³/mol. The Bertz CT molecular complexity index is 401. The molecule has 82 valence electrons. The second-order valence-corrected chi connectivity index (χ2v) is 3.68. The summed E-state index contributed by atoms with van der Waals surface area (Å²) in [6.45, 7) is 1.07. The summed E-state index contributed by atoms with van der Waals surface area (Å²) in [5, 5.41) is 9.28. The first-order chi connectivity index (χ1) is 7.16. The molecule has 0 saturated carbocycles. The lowest BCUT2D eigenvalue weighted by Gasteiger charge is -2.29. The second-order valence-electron chi connectivity index (χ2n) is 3.68. The Hall–Kier alpha value is -1.56. The topological polar surface area (TPSA) is 89.2 Å². The molecule has 2 heterocycles. The van der Waals surface area contributed by atoms with Crippen LogP contribution >= 0.6 is 0 Å². The Morgan fingerprint density at radius 1 is 1.47 bits per heavy atom. The minimum absolute atomic E-state index is 0.194. The summed E-state index contributed by atoms with van der Waals surface area (Å²) in [6, 6.07) is 0. The third-order valence-corrected chi connectivity index (χ3v) is 2.58. The molecule has 1 aliphatic rings. The fraction of sp³-hybridized carbons (Fsp3) is 0.556. The van der Waals surface area contributed by atoms with Gasteiger partial charge in [-0.1, -0.05) is 0 Å². The molecule has 0 aliphatic carbocycles. The summed E-state index contributed by atoms with van der Waals surface area (Å²) in [7, 11) is 0. The number of aliphatic hydroxyl groups is 1. The van der Waals surface area contributed by atoms with E-state index in [0.717, 1.165) is 0 Å². The van der Waals surface area contributed by atoms with Gasteiger partial charge in [0.2, 0.25) is 0 Å². The molecule has 0 spiro atoms. The number of aromatic amines is 2. The van der Waals surface area contributed by atoms with E-state index in [4.69, 9.17) is 0 Å². The number of carbonyl (C=O) groups excluding carboxylic acids is 1. The van der Waals surface area contributed by atoms with Crippen LogP contribution in [0.5, 0.6) is 0 Å². The molecule has 0 aromatic carbocycles. The van der Waals surface area contributed by atoms with E-state index >= 15 is 0 Å². The summed E-state index contributed by atoms with van der Waals surface area (Å²) in [5.74, 6) is -0.194. The number of nitrogens with one attached hydrogen (secondary N) is 2. The molecule has 15 heavy (non-hydrogen) atoms. The van der Waals surface area contributed by atoms with E-state index in [1.165, 1.54) is 6.20 Å². The van der Waals surface area contributed by atoms with Gasteiger partial charge in [-0.15, -0.1) is 0 Å². The van der Waals surface area contributed by atoms with Gasteiger partial charge in [-0.2, -0.15) is 0 Å². The largest absolute Gasteiger partial charge is 0.393 e. The number of rotatable bonds is 1. The zero-order valence-electron chi connectivity index (χ0n) is 8.19. The van der Waals surface area contributed by atoms with Crippen molar-refractivity contribution < 1.29 is 9.90 Å².